The van der Waals surface area contributed by atoms with Crippen LogP contribution in [0.1, 0.15) is 48.5 Å². The van der Waals surface area contributed by atoms with Crippen LogP contribution in [0.4, 0.5) is 0 Å². The lowest BCUT2D eigenvalue weighted by Crippen LogP contribution is -2.55. The summed E-state index contributed by atoms with van der Waals surface area (Å²) in [6.07, 6.45) is 0. The lowest BCUT2D eigenvalue weighted by molar-refractivity contribution is -0.139. The van der Waals surface area contributed by atoms with Crippen LogP contribution < -0.4 is 9.92 Å². The van der Waals surface area contributed by atoms with Crippen LogP contribution in [-0.4, -0.2) is 33.5 Å². The van der Waals surface area contributed by atoms with E-state index < -0.39 is 8.07 Å². The summed E-state index contributed by atoms with van der Waals surface area (Å²) >= 11 is 1.48. The summed E-state index contributed by atoms with van der Waals surface area (Å²) in [5, 5.41) is 1.45. The molecule has 0 aliphatic carbocycles. The fourth-order valence-electron chi connectivity index (χ4n) is 4.40. The molecule has 0 saturated heterocycles. The van der Waals surface area contributed by atoms with E-state index in [0.717, 1.165) is 10.6 Å². The number of rotatable bonds is 9. The Hall–Kier alpha value is -0.943. The SMILES string of the molecule is CCOC(=O)CSc1ccc([Si](C(C)C)(C(C)C)C(C)C)cc1OC. The summed E-state index contributed by atoms with van der Waals surface area (Å²) in [6.45, 7) is 16.4. The van der Waals surface area contributed by atoms with Gasteiger partial charge in [-0.25, -0.2) is 0 Å². The molecule has 0 atom stereocenters. The zero-order chi connectivity index (χ0) is 19.2. The third-order valence-electron chi connectivity index (χ3n) is 5.18. The Morgan fingerprint density at radius 3 is 2.08 bits per heavy atom. The summed E-state index contributed by atoms with van der Waals surface area (Å²) in [6, 6.07) is 6.61. The Labute approximate surface area is 158 Å². The van der Waals surface area contributed by atoms with Crippen LogP contribution in [0.2, 0.25) is 16.6 Å². The largest absolute Gasteiger partial charge is 0.496 e. The first-order chi connectivity index (χ1) is 11.7. The van der Waals surface area contributed by atoms with Crippen LogP contribution >= 0.6 is 11.8 Å². The molecule has 0 unspecified atom stereocenters. The zero-order valence-corrected chi connectivity index (χ0v) is 18.8. The van der Waals surface area contributed by atoms with Crippen molar-refractivity contribution in [1.29, 1.82) is 0 Å². The number of thioether (sulfide) groups is 1. The van der Waals surface area contributed by atoms with Gasteiger partial charge in [0.15, 0.2) is 0 Å². The molecule has 25 heavy (non-hydrogen) atoms. The molecule has 0 radical (unpaired) electrons. The first-order valence-electron chi connectivity index (χ1n) is 9.18. The Morgan fingerprint density at radius 2 is 1.64 bits per heavy atom. The number of hydrogen-bond acceptors (Lipinski definition) is 4. The molecule has 1 aromatic carbocycles. The molecule has 0 fully saturated rings. The lowest BCUT2D eigenvalue weighted by atomic mass is 10.3. The maximum atomic E-state index is 11.6. The van der Waals surface area contributed by atoms with Crippen LogP contribution in [0, 0.1) is 0 Å². The summed E-state index contributed by atoms with van der Waals surface area (Å²) in [5.74, 6) is 0.990. The minimum absolute atomic E-state index is 0.186. The molecule has 0 heterocycles. The van der Waals surface area contributed by atoms with Gasteiger partial charge in [0.1, 0.15) is 5.75 Å². The van der Waals surface area contributed by atoms with Gasteiger partial charge < -0.3 is 9.47 Å². The number of benzene rings is 1. The highest BCUT2D eigenvalue weighted by Crippen LogP contribution is 2.42. The molecule has 0 spiro atoms. The number of methoxy groups -OCH3 is 1. The summed E-state index contributed by atoms with van der Waals surface area (Å²) in [5.41, 5.74) is 1.95. The average molecular weight is 383 g/mol. The predicted molar refractivity (Wildman–Crippen MR) is 111 cm³/mol. The number of ether oxygens (including phenoxy) is 2. The highest BCUT2D eigenvalue weighted by atomic mass is 32.2. The van der Waals surface area contributed by atoms with Gasteiger partial charge in [-0.1, -0.05) is 52.8 Å². The fourth-order valence-corrected chi connectivity index (χ4v) is 12.0. The molecule has 1 rings (SSSR count). The van der Waals surface area contributed by atoms with Crippen molar-refractivity contribution in [2.45, 2.75) is 70.0 Å². The Balaban J connectivity index is 3.24. The van der Waals surface area contributed by atoms with E-state index >= 15 is 0 Å². The molecule has 0 aromatic heterocycles. The number of hydrogen-bond donors (Lipinski definition) is 0. The molecule has 142 valence electrons. The van der Waals surface area contributed by atoms with Crippen molar-refractivity contribution in [2.24, 2.45) is 0 Å². The standard InChI is InChI=1S/C20H34O3SSi/c1-9-23-20(21)13-24-19-11-10-17(12-18(19)22-8)25(14(2)3,15(4)5)16(6)7/h10-12,14-16H,9,13H2,1-8H3. The van der Waals surface area contributed by atoms with Gasteiger partial charge in [-0.3, -0.25) is 4.79 Å². The number of carbonyl (C=O) groups excluding carboxylic acids is 1. The van der Waals surface area contributed by atoms with Crippen molar-refractivity contribution in [1.82, 2.24) is 0 Å². The van der Waals surface area contributed by atoms with E-state index in [0.29, 0.717) is 29.0 Å². The molecule has 0 saturated carbocycles. The Kier molecular flexibility index (Phi) is 8.55. The second-order valence-corrected chi connectivity index (χ2v) is 14.3. The van der Waals surface area contributed by atoms with Crippen molar-refractivity contribution in [3.05, 3.63) is 18.2 Å². The van der Waals surface area contributed by atoms with Gasteiger partial charge >= 0.3 is 5.97 Å². The van der Waals surface area contributed by atoms with Crippen LogP contribution in [0.3, 0.4) is 0 Å². The van der Waals surface area contributed by atoms with Gasteiger partial charge in [0.05, 0.1) is 27.5 Å². The Morgan fingerprint density at radius 1 is 1.08 bits per heavy atom. The third-order valence-corrected chi connectivity index (χ3v) is 13.3. The molecule has 0 N–H and O–H groups in total. The lowest BCUT2D eigenvalue weighted by Gasteiger charge is -2.43. The first-order valence-corrected chi connectivity index (χ1v) is 12.4. The van der Waals surface area contributed by atoms with Crippen molar-refractivity contribution in [3.8, 4) is 5.75 Å². The van der Waals surface area contributed by atoms with Crippen LogP contribution in [-0.2, 0) is 9.53 Å². The van der Waals surface area contributed by atoms with Gasteiger partial charge in [-0.15, -0.1) is 11.8 Å². The first kappa shape index (κ1) is 22.1. The zero-order valence-electron chi connectivity index (χ0n) is 17.0. The van der Waals surface area contributed by atoms with Crippen molar-refractivity contribution >= 4 is 31.0 Å². The van der Waals surface area contributed by atoms with Gasteiger partial charge in [-0.05, 0) is 35.7 Å². The summed E-state index contributed by atoms with van der Waals surface area (Å²) in [4.78, 5) is 12.6. The number of esters is 1. The number of carbonyl (C=O) groups is 1. The third kappa shape index (κ3) is 4.82. The normalized spacial score (nSPS) is 12.1. The van der Waals surface area contributed by atoms with E-state index in [1.807, 2.05) is 6.92 Å². The molecule has 3 nitrogen and oxygen atoms in total. The van der Waals surface area contributed by atoms with E-state index in [1.54, 1.807) is 7.11 Å². The molecule has 0 amide bonds. The summed E-state index contributed by atoms with van der Waals surface area (Å²) < 4.78 is 10.7. The summed E-state index contributed by atoms with van der Waals surface area (Å²) in [7, 11) is -0.00735. The average Bonchev–Trinajstić information content (AvgIpc) is 2.53. The molecule has 5 heteroatoms. The second-order valence-electron chi connectivity index (χ2n) is 7.36. The van der Waals surface area contributed by atoms with E-state index in [1.165, 1.54) is 16.9 Å². The maximum Gasteiger partial charge on any atom is 0.316 e. The minimum Gasteiger partial charge on any atom is -0.496 e. The maximum absolute atomic E-state index is 11.6. The Bertz CT molecular complexity index is 548. The van der Waals surface area contributed by atoms with E-state index in [2.05, 4.69) is 59.7 Å². The highest BCUT2D eigenvalue weighted by molar-refractivity contribution is 8.00. The van der Waals surface area contributed by atoms with Gasteiger partial charge in [0, 0.05) is 4.90 Å². The quantitative estimate of drug-likeness (QED) is 0.332. The monoisotopic (exact) mass is 382 g/mol. The molecular weight excluding hydrogens is 348 g/mol. The molecule has 1 aromatic rings. The minimum atomic E-state index is -1.71. The topological polar surface area (TPSA) is 35.5 Å². The van der Waals surface area contributed by atoms with Crippen LogP contribution in [0.15, 0.2) is 23.1 Å². The van der Waals surface area contributed by atoms with Gasteiger partial charge in [0.2, 0.25) is 0 Å². The molecule has 0 aliphatic rings. The van der Waals surface area contributed by atoms with E-state index in [-0.39, 0.29) is 5.97 Å². The molecule has 0 bridgehead atoms. The van der Waals surface area contributed by atoms with E-state index in [4.69, 9.17) is 9.47 Å². The van der Waals surface area contributed by atoms with Gasteiger partial charge in [0.25, 0.3) is 0 Å². The van der Waals surface area contributed by atoms with Gasteiger partial charge in [-0.2, -0.15) is 0 Å². The molecule has 0 aliphatic heterocycles. The highest BCUT2D eigenvalue weighted by Gasteiger charge is 2.44. The molecular formula is C20H34O3SSi. The van der Waals surface area contributed by atoms with Crippen molar-refractivity contribution in [3.63, 3.8) is 0 Å². The fraction of sp³-hybridized carbons (Fsp3) is 0.650. The predicted octanol–water partition coefficient (Wildman–Crippen LogP) is 5.24. The van der Waals surface area contributed by atoms with Crippen LogP contribution in [0.25, 0.3) is 0 Å². The second kappa shape index (κ2) is 9.67. The van der Waals surface area contributed by atoms with Crippen LogP contribution in [0.5, 0.6) is 5.75 Å². The van der Waals surface area contributed by atoms with E-state index in [9.17, 15) is 4.79 Å². The van der Waals surface area contributed by atoms with Crippen molar-refractivity contribution < 1.29 is 14.3 Å². The van der Waals surface area contributed by atoms with Crippen molar-refractivity contribution in [2.75, 3.05) is 19.5 Å². The smallest absolute Gasteiger partial charge is 0.316 e.